The normalized spacial score (nSPS) is 12.3. The van der Waals surface area contributed by atoms with E-state index in [1.807, 2.05) is 50.2 Å². The SMILES string of the molecule is CC(CCl)Oc1cccc(N(C)C)c1. The fourth-order valence-electron chi connectivity index (χ4n) is 1.10. The van der Waals surface area contributed by atoms with Crippen molar-refractivity contribution < 1.29 is 4.74 Å². The maximum atomic E-state index is 5.67. The Morgan fingerprint density at radius 2 is 2.14 bits per heavy atom. The van der Waals surface area contributed by atoms with Crippen molar-refractivity contribution in [2.45, 2.75) is 13.0 Å². The van der Waals surface area contributed by atoms with E-state index in [-0.39, 0.29) is 6.10 Å². The molecule has 78 valence electrons. The lowest BCUT2D eigenvalue weighted by molar-refractivity contribution is 0.245. The van der Waals surface area contributed by atoms with Crippen molar-refractivity contribution in [3.05, 3.63) is 24.3 Å². The van der Waals surface area contributed by atoms with Gasteiger partial charge in [-0.1, -0.05) is 6.07 Å². The van der Waals surface area contributed by atoms with Gasteiger partial charge in [0.05, 0.1) is 5.88 Å². The van der Waals surface area contributed by atoms with Crippen LogP contribution in [0.1, 0.15) is 6.92 Å². The highest BCUT2D eigenvalue weighted by Crippen LogP contribution is 2.20. The molecule has 0 N–H and O–H groups in total. The molecule has 1 aromatic carbocycles. The van der Waals surface area contributed by atoms with E-state index in [1.165, 1.54) is 0 Å². The maximum absolute atomic E-state index is 5.67. The average molecular weight is 214 g/mol. The molecule has 14 heavy (non-hydrogen) atoms. The van der Waals surface area contributed by atoms with Crippen LogP contribution in [0.25, 0.3) is 0 Å². The van der Waals surface area contributed by atoms with Gasteiger partial charge in [0.1, 0.15) is 11.9 Å². The predicted octanol–water partition coefficient (Wildman–Crippen LogP) is 2.76. The zero-order chi connectivity index (χ0) is 10.6. The number of hydrogen-bond donors (Lipinski definition) is 0. The predicted molar refractivity (Wildman–Crippen MR) is 61.6 cm³/mol. The van der Waals surface area contributed by atoms with Gasteiger partial charge in [-0.05, 0) is 19.1 Å². The molecule has 1 atom stereocenters. The summed E-state index contributed by atoms with van der Waals surface area (Å²) in [5.74, 6) is 1.37. The van der Waals surface area contributed by atoms with Crippen LogP contribution in [0, 0.1) is 0 Å². The van der Waals surface area contributed by atoms with Crippen LogP contribution in [0.4, 0.5) is 5.69 Å². The van der Waals surface area contributed by atoms with Crippen LogP contribution in [-0.2, 0) is 0 Å². The first kappa shape index (κ1) is 11.2. The highest BCUT2D eigenvalue weighted by atomic mass is 35.5. The number of rotatable bonds is 4. The first-order valence-electron chi connectivity index (χ1n) is 4.63. The molecule has 0 bridgehead atoms. The Labute approximate surface area is 90.4 Å². The lowest BCUT2D eigenvalue weighted by atomic mass is 10.3. The molecule has 1 aromatic rings. The molecule has 2 nitrogen and oxygen atoms in total. The Morgan fingerprint density at radius 3 is 2.71 bits per heavy atom. The van der Waals surface area contributed by atoms with Gasteiger partial charge in [0.15, 0.2) is 0 Å². The molecule has 0 heterocycles. The van der Waals surface area contributed by atoms with Crippen molar-refractivity contribution in [1.82, 2.24) is 0 Å². The lowest BCUT2D eigenvalue weighted by Gasteiger charge is -2.16. The molecule has 0 aliphatic rings. The second-order valence-corrected chi connectivity index (χ2v) is 3.78. The third kappa shape index (κ3) is 3.11. The Morgan fingerprint density at radius 1 is 1.43 bits per heavy atom. The van der Waals surface area contributed by atoms with Gasteiger partial charge in [-0.2, -0.15) is 0 Å². The van der Waals surface area contributed by atoms with Crippen molar-refractivity contribution in [3.63, 3.8) is 0 Å². The van der Waals surface area contributed by atoms with E-state index >= 15 is 0 Å². The Hall–Kier alpha value is -0.890. The molecule has 0 amide bonds. The number of ether oxygens (including phenoxy) is 1. The second kappa shape index (κ2) is 5.11. The van der Waals surface area contributed by atoms with Crippen LogP contribution in [0.2, 0.25) is 0 Å². The van der Waals surface area contributed by atoms with Crippen molar-refractivity contribution >= 4 is 17.3 Å². The fourth-order valence-corrected chi connectivity index (χ4v) is 1.16. The summed E-state index contributed by atoms with van der Waals surface area (Å²) in [6, 6.07) is 7.96. The van der Waals surface area contributed by atoms with Gasteiger partial charge >= 0.3 is 0 Å². The van der Waals surface area contributed by atoms with E-state index in [1.54, 1.807) is 0 Å². The number of halogens is 1. The first-order chi connectivity index (χ1) is 6.63. The third-order valence-corrected chi connectivity index (χ3v) is 2.32. The summed E-state index contributed by atoms with van der Waals surface area (Å²) in [6.45, 7) is 1.95. The van der Waals surface area contributed by atoms with Crippen LogP contribution >= 0.6 is 11.6 Å². The van der Waals surface area contributed by atoms with Crippen LogP contribution < -0.4 is 9.64 Å². The molecule has 0 fully saturated rings. The number of hydrogen-bond acceptors (Lipinski definition) is 2. The zero-order valence-corrected chi connectivity index (χ0v) is 9.58. The molecular formula is C11H16ClNO. The molecule has 0 aliphatic carbocycles. The number of anilines is 1. The number of nitrogens with zero attached hydrogens (tertiary/aromatic N) is 1. The highest BCUT2D eigenvalue weighted by Gasteiger charge is 2.03. The minimum atomic E-state index is 0.0501. The highest BCUT2D eigenvalue weighted by molar-refractivity contribution is 6.18. The molecule has 3 heteroatoms. The lowest BCUT2D eigenvalue weighted by Crippen LogP contribution is -2.14. The van der Waals surface area contributed by atoms with E-state index in [2.05, 4.69) is 0 Å². The van der Waals surface area contributed by atoms with E-state index in [9.17, 15) is 0 Å². The summed E-state index contributed by atoms with van der Waals surface area (Å²) < 4.78 is 5.60. The van der Waals surface area contributed by atoms with Crippen LogP contribution in [0.15, 0.2) is 24.3 Å². The summed E-state index contributed by atoms with van der Waals surface area (Å²) in [5.41, 5.74) is 1.13. The van der Waals surface area contributed by atoms with Gasteiger partial charge in [0, 0.05) is 25.8 Å². The summed E-state index contributed by atoms with van der Waals surface area (Å²) in [7, 11) is 4.01. The standard InChI is InChI=1S/C11H16ClNO/c1-9(8-12)14-11-6-4-5-10(7-11)13(2)3/h4-7,9H,8H2,1-3H3. The van der Waals surface area contributed by atoms with Gasteiger partial charge in [-0.15, -0.1) is 11.6 Å². The third-order valence-electron chi connectivity index (χ3n) is 1.89. The molecule has 0 aromatic heterocycles. The Balaban J connectivity index is 2.73. The van der Waals surface area contributed by atoms with Crippen LogP contribution in [0.3, 0.4) is 0 Å². The van der Waals surface area contributed by atoms with Gasteiger partial charge < -0.3 is 9.64 Å². The van der Waals surface area contributed by atoms with Gasteiger partial charge in [0.25, 0.3) is 0 Å². The van der Waals surface area contributed by atoms with Crippen molar-refractivity contribution in [2.24, 2.45) is 0 Å². The van der Waals surface area contributed by atoms with Crippen molar-refractivity contribution in [1.29, 1.82) is 0 Å². The molecular weight excluding hydrogens is 198 g/mol. The molecule has 0 saturated carbocycles. The van der Waals surface area contributed by atoms with Gasteiger partial charge in [-0.3, -0.25) is 0 Å². The largest absolute Gasteiger partial charge is 0.489 e. The summed E-state index contributed by atoms with van der Waals surface area (Å²) in [6.07, 6.45) is 0.0501. The van der Waals surface area contributed by atoms with E-state index < -0.39 is 0 Å². The van der Waals surface area contributed by atoms with Crippen LogP contribution in [0.5, 0.6) is 5.75 Å². The minimum absolute atomic E-state index is 0.0501. The smallest absolute Gasteiger partial charge is 0.121 e. The molecule has 0 radical (unpaired) electrons. The zero-order valence-electron chi connectivity index (χ0n) is 8.83. The molecule has 0 saturated heterocycles. The number of alkyl halides is 1. The minimum Gasteiger partial charge on any atom is -0.489 e. The van der Waals surface area contributed by atoms with Crippen molar-refractivity contribution in [2.75, 3.05) is 24.9 Å². The van der Waals surface area contributed by atoms with Crippen LogP contribution in [-0.4, -0.2) is 26.1 Å². The quantitative estimate of drug-likeness (QED) is 0.714. The topological polar surface area (TPSA) is 12.5 Å². The Kier molecular flexibility index (Phi) is 4.08. The summed E-state index contributed by atoms with van der Waals surface area (Å²) >= 11 is 5.67. The number of benzene rings is 1. The maximum Gasteiger partial charge on any atom is 0.121 e. The van der Waals surface area contributed by atoms with E-state index in [0.29, 0.717) is 5.88 Å². The van der Waals surface area contributed by atoms with E-state index in [0.717, 1.165) is 11.4 Å². The van der Waals surface area contributed by atoms with Gasteiger partial charge in [-0.25, -0.2) is 0 Å². The van der Waals surface area contributed by atoms with Crippen molar-refractivity contribution in [3.8, 4) is 5.75 Å². The van der Waals surface area contributed by atoms with Gasteiger partial charge in [0.2, 0.25) is 0 Å². The first-order valence-corrected chi connectivity index (χ1v) is 5.17. The summed E-state index contributed by atoms with van der Waals surface area (Å²) in [4.78, 5) is 2.04. The monoisotopic (exact) mass is 213 g/mol. The molecule has 0 aliphatic heterocycles. The fraction of sp³-hybridized carbons (Fsp3) is 0.455. The second-order valence-electron chi connectivity index (χ2n) is 3.47. The Bertz CT molecular complexity index is 288. The van der Waals surface area contributed by atoms with E-state index in [4.69, 9.17) is 16.3 Å². The average Bonchev–Trinajstić information content (AvgIpc) is 2.18. The molecule has 1 unspecified atom stereocenters. The summed E-state index contributed by atoms with van der Waals surface area (Å²) in [5, 5.41) is 0. The molecule has 1 rings (SSSR count). The molecule has 0 spiro atoms.